The zero-order chi connectivity index (χ0) is 27.7. The van der Waals surface area contributed by atoms with Crippen LogP contribution in [0.3, 0.4) is 0 Å². The standard InChI is InChI=1S/C32H39N4O2P/c1-34(2)39(35(3)4,33-38-32-22-18-30(19-23-32)25-28-14-10-7-11-15-28)36(5)26-37-31-20-16-29(17-21-31)24-27-12-8-6-9-13-27/h6-23H,24-26H2,1-5H3. The van der Waals surface area contributed by atoms with E-state index in [0.717, 1.165) is 18.6 Å². The van der Waals surface area contributed by atoms with E-state index in [1.165, 1.54) is 22.3 Å². The van der Waals surface area contributed by atoms with Gasteiger partial charge in [0, 0.05) is 0 Å². The molecular weight excluding hydrogens is 503 g/mol. The van der Waals surface area contributed by atoms with Gasteiger partial charge in [-0.15, -0.1) is 0 Å². The molecule has 0 radical (unpaired) electrons. The molecule has 0 aliphatic rings. The Balaban J connectivity index is 1.42. The lowest BCUT2D eigenvalue weighted by molar-refractivity contribution is 0.207. The third-order valence-electron chi connectivity index (χ3n) is 6.55. The molecule has 0 amide bonds. The SMILES string of the molecule is CN(C)P(=NOc1ccc(Cc2ccccc2)cc1)(N(C)C)N(C)COc1ccc(Cc2ccccc2)cc1. The van der Waals surface area contributed by atoms with Crippen molar-refractivity contribution in [3.63, 3.8) is 0 Å². The highest BCUT2D eigenvalue weighted by molar-refractivity contribution is 7.58. The van der Waals surface area contributed by atoms with E-state index in [0.29, 0.717) is 12.5 Å². The molecule has 204 valence electrons. The molecule has 0 unspecified atom stereocenters. The quantitative estimate of drug-likeness (QED) is 0.108. The van der Waals surface area contributed by atoms with Gasteiger partial charge in [-0.25, -0.2) is 14.0 Å². The Morgan fingerprint density at radius 3 is 1.38 bits per heavy atom. The van der Waals surface area contributed by atoms with Crippen molar-refractivity contribution < 1.29 is 9.57 Å². The summed E-state index contributed by atoms with van der Waals surface area (Å²) in [4.78, 5) is 10.9. The number of hydrogen-bond donors (Lipinski definition) is 0. The van der Waals surface area contributed by atoms with Crippen LogP contribution >= 0.6 is 7.51 Å². The van der Waals surface area contributed by atoms with Crippen LogP contribution in [0.4, 0.5) is 0 Å². The molecule has 6 nitrogen and oxygen atoms in total. The van der Waals surface area contributed by atoms with Crippen molar-refractivity contribution in [2.24, 2.45) is 4.91 Å². The number of nitrogens with zero attached hydrogens (tertiary/aromatic N) is 4. The first-order valence-corrected chi connectivity index (χ1v) is 14.7. The molecule has 0 saturated heterocycles. The maximum absolute atomic E-state index is 6.19. The molecule has 4 rings (SSSR count). The number of rotatable bonds is 12. The van der Waals surface area contributed by atoms with Gasteiger partial charge in [-0.2, -0.15) is 0 Å². The lowest BCUT2D eigenvalue weighted by Crippen LogP contribution is -2.35. The van der Waals surface area contributed by atoms with Gasteiger partial charge in [0.2, 0.25) is 7.51 Å². The summed E-state index contributed by atoms with van der Waals surface area (Å²) < 4.78 is 12.5. The van der Waals surface area contributed by atoms with Crippen molar-refractivity contribution in [1.82, 2.24) is 14.0 Å². The second kappa shape index (κ2) is 13.6. The molecule has 0 aliphatic carbocycles. The normalized spacial score (nSPS) is 11.7. The van der Waals surface area contributed by atoms with E-state index in [2.05, 4.69) is 86.8 Å². The largest absolute Gasteiger partial charge is 0.478 e. The van der Waals surface area contributed by atoms with E-state index in [-0.39, 0.29) is 0 Å². The molecule has 0 N–H and O–H groups in total. The predicted molar refractivity (Wildman–Crippen MR) is 162 cm³/mol. The highest BCUT2D eigenvalue weighted by Crippen LogP contribution is 2.55. The van der Waals surface area contributed by atoms with Gasteiger partial charge in [0.05, 0.1) is 0 Å². The van der Waals surface area contributed by atoms with Gasteiger partial charge in [-0.05, 0) is 94.6 Å². The van der Waals surface area contributed by atoms with E-state index in [1.807, 2.05) is 71.6 Å². The molecule has 0 aromatic heterocycles. The van der Waals surface area contributed by atoms with Gasteiger partial charge < -0.3 is 9.57 Å². The van der Waals surface area contributed by atoms with Crippen molar-refractivity contribution in [2.75, 3.05) is 42.0 Å². The number of hydrogen-bond acceptors (Lipinski definition) is 3. The fourth-order valence-electron chi connectivity index (χ4n) is 4.56. The number of benzene rings is 4. The number of ether oxygens (including phenoxy) is 1. The highest BCUT2D eigenvalue weighted by atomic mass is 31.2. The second-order valence-electron chi connectivity index (χ2n) is 9.95. The van der Waals surface area contributed by atoms with Gasteiger partial charge in [-0.1, -0.05) is 89.8 Å². The maximum Gasteiger partial charge on any atom is 0.213 e. The molecule has 7 heteroatoms. The van der Waals surface area contributed by atoms with Crippen LogP contribution in [-0.2, 0) is 12.8 Å². The Morgan fingerprint density at radius 1 is 0.538 bits per heavy atom. The molecule has 0 atom stereocenters. The van der Waals surface area contributed by atoms with Gasteiger partial charge in [0.25, 0.3) is 0 Å². The van der Waals surface area contributed by atoms with E-state index < -0.39 is 7.51 Å². The van der Waals surface area contributed by atoms with E-state index >= 15 is 0 Å². The zero-order valence-corrected chi connectivity index (χ0v) is 24.5. The predicted octanol–water partition coefficient (Wildman–Crippen LogP) is 7.20. The molecule has 0 aliphatic heterocycles. The molecule has 39 heavy (non-hydrogen) atoms. The highest BCUT2D eigenvalue weighted by Gasteiger charge is 2.33. The lowest BCUT2D eigenvalue weighted by atomic mass is 10.1. The van der Waals surface area contributed by atoms with E-state index in [9.17, 15) is 0 Å². The van der Waals surface area contributed by atoms with Crippen LogP contribution in [0.1, 0.15) is 22.3 Å². The van der Waals surface area contributed by atoms with E-state index in [4.69, 9.17) is 14.5 Å². The summed E-state index contributed by atoms with van der Waals surface area (Å²) in [5, 5.41) is 0. The molecule has 0 fully saturated rings. The second-order valence-corrected chi connectivity index (χ2v) is 13.5. The van der Waals surface area contributed by atoms with Crippen LogP contribution in [0.5, 0.6) is 11.5 Å². The van der Waals surface area contributed by atoms with Crippen molar-refractivity contribution in [3.05, 3.63) is 131 Å². The molecular formula is C32H39N4O2P. The van der Waals surface area contributed by atoms with Gasteiger partial charge >= 0.3 is 0 Å². The molecule has 0 bridgehead atoms. The van der Waals surface area contributed by atoms with Crippen LogP contribution in [0, 0.1) is 0 Å². The summed E-state index contributed by atoms with van der Waals surface area (Å²) in [5.41, 5.74) is 5.07. The van der Waals surface area contributed by atoms with Crippen molar-refractivity contribution >= 4 is 7.51 Å². The fourth-order valence-corrected chi connectivity index (χ4v) is 7.33. The molecule has 0 heterocycles. The Kier molecular flexibility index (Phi) is 9.96. The summed E-state index contributed by atoms with van der Waals surface area (Å²) >= 11 is 0. The Bertz CT molecular complexity index is 1330. The third kappa shape index (κ3) is 7.59. The summed E-state index contributed by atoms with van der Waals surface area (Å²) in [7, 11) is 7.75. The smallest absolute Gasteiger partial charge is 0.213 e. The summed E-state index contributed by atoms with van der Waals surface area (Å²) in [5.74, 6) is 1.53. The van der Waals surface area contributed by atoms with Crippen molar-refractivity contribution in [2.45, 2.75) is 12.8 Å². The first-order valence-electron chi connectivity index (χ1n) is 13.1. The average Bonchev–Trinajstić information content (AvgIpc) is 2.94. The van der Waals surface area contributed by atoms with Crippen molar-refractivity contribution in [3.8, 4) is 11.5 Å². The molecule has 4 aromatic rings. The van der Waals surface area contributed by atoms with Gasteiger partial charge in [0.15, 0.2) is 5.75 Å². The minimum absolute atomic E-state index is 0.366. The Morgan fingerprint density at radius 2 is 0.949 bits per heavy atom. The third-order valence-corrected chi connectivity index (χ3v) is 10.0. The first-order chi connectivity index (χ1) is 18.9. The summed E-state index contributed by atoms with van der Waals surface area (Å²) in [6, 6.07) is 37.4. The molecule has 4 aromatic carbocycles. The fraction of sp³-hybridized carbons (Fsp3) is 0.250. The summed E-state index contributed by atoms with van der Waals surface area (Å²) in [6.07, 6.45) is 1.79. The average molecular weight is 543 g/mol. The molecule has 0 spiro atoms. The van der Waals surface area contributed by atoms with Crippen LogP contribution in [0.2, 0.25) is 0 Å². The maximum atomic E-state index is 6.19. The Labute approximate surface area is 233 Å². The zero-order valence-electron chi connectivity index (χ0n) is 23.6. The van der Waals surface area contributed by atoms with Crippen LogP contribution in [-0.4, -0.2) is 56.0 Å². The Hall–Kier alpha value is -3.41. The van der Waals surface area contributed by atoms with E-state index in [1.54, 1.807) is 0 Å². The van der Waals surface area contributed by atoms with Crippen LogP contribution < -0.4 is 9.57 Å². The van der Waals surface area contributed by atoms with Crippen LogP contribution in [0.15, 0.2) is 114 Å². The topological polar surface area (TPSA) is 40.5 Å². The van der Waals surface area contributed by atoms with Gasteiger partial charge in [0.1, 0.15) is 12.5 Å². The van der Waals surface area contributed by atoms with Gasteiger partial charge in [-0.3, -0.25) is 0 Å². The minimum atomic E-state index is -2.38. The summed E-state index contributed by atoms with van der Waals surface area (Å²) in [6.45, 7) is 0.366. The minimum Gasteiger partial charge on any atom is -0.478 e. The van der Waals surface area contributed by atoms with Crippen LogP contribution in [0.25, 0.3) is 0 Å². The van der Waals surface area contributed by atoms with Crippen molar-refractivity contribution in [1.29, 1.82) is 0 Å². The molecule has 0 saturated carbocycles. The first kappa shape index (κ1) is 28.6. The lowest BCUT2D eigenvalue weighted by Gasteiger charge is -2.40. The monoisotopic (exact) mass is 542 g/mol.